The van der Waals surface area contributed by atoms with Crippen LogP contribution < -0.4 is 10.1 Å². The lowest BCUT2D eigenvalue weighted by molar-refractivity contribution is 0.0992. The van der Waals surface area contributed by atoms with Crippen molar-refractivity contribution in [1.82, 2.24) is 0 Å². The third-order valence-electron chi connectivity index (χ3n) is 5.09. The van der Waals surface area contributed by atoms with Crippen LogP contribution in [0.4, 0.5) is 5.69 Å². The molecule has 0 bridgehead atoms. The standard InChI is InChI=1S/C28H21NO3S/c30-28(29-25-12-6-7-13-27(25)33-24-10-2-1-3-11-24)26-17-16-23(32-26)19-31-22-15-14-20-8-4-5-9-21(20)18-22/h1-18H,19H2,(H,29,30). The maximum atomic E-state index is 12.8. The van der Waals surface area contributed by atoms with Gasteiger partial charge in [0.05, 0.1) is 5.69 Å². The highest BCUT2D eigenvalue weighted by Gasteiger charge is 2.14. The van der Waals surface area contributed by atoms with Gasteiger partial charge in [-0.05, 0) is 59.3 Å². The number of anilines is 1. The lowest BCUT2D eigenvalue weighted by Gasteiger charge is -2.10. The number of hydrogen-bond donors (Lipinski definition) is 1. The molecule has 5 aromatic rings. The van der Waals surface area contributed by atoms with E-state index in [1.807, 2.05) is 91.0 Å². The van der Waals surface area contributed by atoms with E-state index in [1.165, 1.54) is 0 Å². The molecule has 1 aromatic heterocycles. The molecule has 4 nitrogen and oxygen atoms in total. The van der Waals surface area contributed by atoms with Crippen molar-refractivity contribution >= 4 is 34.1 Å². The van der Waals surface area contributed by atoms with E-state index < -0.39 is 0 Å². The van der Waals surface area contributed by atoms with Crippen LogP contribution in [-0.4, -0.2) is 5.91 Å². The first-order valence-electron chi connectivity index (χ1n) is 10.6. The lowest BCUT2D eigenvalue weighted by atomic mass is 10.1. The highest BCUT2D eigenvalue weighted by molar-refractivity contribution is 7.99. The molecular weight excluding hydrogens is 430 g/mol. The van der Waals surface area contributed by atoms with Gasteiger partial charge in [0, 0.05) is 9.79 Å². The molecule has 0 saturated heterocycles. The van der Waals surface area contributed by atoms with Crippen LogP contribution >= 0.6 is 11.8 Å². The molecule has 5 rings (SSSR count). The van der Waals surface area contributed by atoms with Crippen molar-refractivity contribution in [3.63, 3.8) is 0 Å². The molecule has 162 valence electrons. The quantitative estimate of drug-likeness (QED) is 0.280. The van der Waals surface area contributed by atoms with Gasteiger partial charge in [-0.25, -0.2) is 0 Å². The summed E-state index contributed by atoms with van der Waals surface area (Å²) in [7, 11) is 0. The van der Waals surface area contributed by atoms with Gasteiger partial charge in [0.1, 0.15) is 18.1 Å². The Morgan fingerprint density at radius 2 is 1.55 bits per heavy atom. The number of fused-ring (bicyclic) bond motifs is 1. The molecule has 0 aliphatic heterocycles. The second kappa shape index (κ2) is 9.67. The van der Waals surface area contributed by atoms with Crippen molar-refractivity contribution in [3.05, 3.63) is 121 Å². The molecule has 0 atom stereocenters. The Kier molecular flexibility index (Phi) is 6.13. The predicted octanol–water partition coefficient (Wildman–Crippen LogP) is 7.42. The van der Waals surface area contributed by atoms with Gasteiger partial charge in [0.2, 0.25) is 0 Å². The average Bonchev–Trinajstić information content (AvgIpc) is 3.34. The fourth-order valence-corrected chi connectivity index (χ4v) is 4.37. The summed E-state index contributed by atoms with van der Waals surface area (Å²) < 4.78 is 11.6. The minimum atomic E-state index is -0.298. The maximum absolute atomic E-state index is 12.8. The molecule has 0 radical (unpaired) electrons. The van der Waals surface area contributed by atoms with Crippen LogP contribution in [0.5, 0.6) is 5.75 Å². The first-order chi connectivity index (χ1) is 16.2. The second-order valence-corrected chi connectivity index (χ2v) is 8.54. The van der Waals surface area contributed by atoms with Crippen molar-refractivity contribution in [2.75, 3.05) is 5.32 Å². The van der Waals surface area contributed by atoms with Crippen molar-refractivity contribution in [2.24, 2.45) is 0 Å². The zero-order chi connectivity index (χ0) is 22.5. The van der Waals surface area contributed by atoms with E-state index in [1.54, 1.807) is 23.9 Å². The molecule has 0 spiro atoms. The summed E-state index contributed by atoms with van der Waals surface area (Å²) in [6.07, 6.45) is 0. The SMILES string of the molecule is O=C(Nc1ccccc1Sc1ccccc1)c1ccc(COc2ccc3ccccc3c2)o1. The smallest absolute Gasteiger partial charge is 0.291 e. The Morgan fingerprint density at radius 3 is 2.42 bits per heavy atom. The first kappa shape index (κ1) is 20.9. The number of carbonyl (C=O) groups excluding carboxylic acids is 1. The van der Waals surface area contributed by atoms with Crippen LogP contribution in [0.1, 0.15) is 16.3 Å². The van der Waals surface area contributed by atoms with Crippen LogP contribution in [0.15, 0.2) is 123 Å². The van der Waals surface area contributed by atoms with Crippen LogP contribution in [0.2, 0.25) is 0 Å². The van der Waals surface area contributed by atoms with Gasteiger partial charge in [-0.3, -0.25) is 4.79 Å². The molecule has 0 unspecified atom stereocenters. The summed E-state index contributed by atoms with van der Waals surface area (Å²) in [5, 5.41) is 5.23. The first-order valence-corrected chi connectivity index (χ1v) is 11.4. The normalized spacial score (nSPS) is 10.8. The topological polar surface area (TPSA) is 51.5 Å². The molecule has 0 aliphatic rings. The van der Waals surface area contributed by atoms with Crippen LogP contribution in [-0.2, 0) is 6.61 Å². The predicted molar refractivity (Wildman–Crippen MR) is 132 cm³/mol. The van der Waals surface area contributed by atoms with E-state index in [0.717, 1.165) is 32.0 Å². The minimum Gasteiger partial charge on any atom is -0.486 e. The lowest BCUT2D eigenvalue weighted by Crippen LogP contribution is -2.11. The Hall–Kier alpha value is -3.96. The van der Waals surface area contributed by atoms with Gasteiger partial charge >= 0.3 is 0 Å². The summed E-state index contributed by atoms with van der Waals surface area (Å²) in [5.41, 5.74) is 0.738. The Morgan fingerprint density at radius 1 is 0.788 bits per heavy atom. The zero-order valence-corrected chi connectivity index (χ0v) is 18.5. The maximum Gasteiger partial charge on any atom is 0.291 e. The van der Waals surface area contributed by atoms with Crippen molar-refractivity contribution < 1.29 is 13.9 Å². The third-order valence-corrected chi connectivity index (χ3v) is 6.18. The number of carbonyl (C=O) groups is 1. The molecule has 4 aromatic carbocycles. The summed E-state index contributed by atoms with van der Waals surface area (Å²) in [6, 6.07) is 35.3. The molecule has 0 fully saturated rings. The number of furan rings is 1. The number of benzene rings is 4. The monoisotopic (exact) mass is 451 g/mol. The van der Waals surface area contributed by atoms with Crippen molar-refractivity contribution in [1.29, 1.82) is 0 Å². The molecular formula is C28H21NO3S. The number of rotatable bonds is 7. The number of ether oxygens (including phenoxy) is 1. The van der Waals surface area contributed by atoms with E-state index in [4.69, 9.17) is 9.15 Å². The summed E-state index contributed by atoms with van der Waals surface area (Å²) in [5.74, 6) is 1.28. The van der Waals surface area contributed by atoms with Crippen molar-refractivity contribution in [2.45, 2.75) is 16.4 Å². The van der Waals surface area contributed by atoms with E-state index in [0.29, 0.717) is 5.76 Å². The van der Waals surface area contributed by atoms with Gasteiger partial charge in [-0.2, -0.15) is 0 Å². The van der Waals surface area contributed by atoms with Gasteiger partial charge in [-0.1, -0.05) is 72.4 Å². The summed E-state index contributed by atoms with van der Waals surface area (Å²) in [4.78, 5) is 14.9. The zero-order valence-electron chi connectivity index (χ0n) is 17.7. The number of hydrogen-bond acceptors (Lipinski definition) is 4. The van der Waals surface area contributed by atoms with Crippen LogP contribution in [0.25, 0.3) is 10.8 Å². The van der Waals surface area contributed by atoms with Gasteiger partial charge in [0.25, 0.3) is 5.91 Å². The number of nitrogens with one attached hydrogen (secondary N) is 1. The molecule has 0 aliphatic carbocycles. The second-order valence-electron chi connectivity index (χ2n) is 7.43. The van der Waals surface area contributed by atoms with E-state index in [9.17, 15) is 4.79 Å². The highest BCUT2D eigenvalue weighted by Crippen LogP contribution is 2.33. The fourth-order valence-electron chi connectivity index (χ4n) is 3.45. The Balaban J connectivity index is 1.24. The molecule has 1 heterocycles. The Bertz CT molecular complexity index is 1390. The van der Waals surface area contributed by atoms with E-state index >= 15 is 0 Å². The van der Waals surface area contributed by atoms with Gasteiger partial charge in [0.15, 0.2) is 5.76 Å². The largest absolute Gasteiger partial charge is 0.486 e. The third kappa shape index (κ3) is 5.10. The molecule has 1 N–H and O–H groups in total. The van der Waals surface area contributed by atoms with E-state index in [2.05, 4.69) is 11.4 Å². The van der Waals surface area contributed by atoms with Crippen molar-refractivity contribution in [3.8, 4) is 5.75 Å². The molecule has 1 amide bonds. The summed E-state index contributed by atoms with van der Waals surface area (Å²) in [6.45, 7) is 0.242. The molecule has 33 heavy (non-hydrogen) atoms. The Labute approximate surface area is 196 Å². The fraction of sp³-hybridized carbons (Fsp3) is 0.0357. The summed E-state index contributed by atoms with van der Waals surface area (Å²) >= 11 is 1.60. The van der Waals surface area contributed by atoms with Gasteiger partial charge < -0.3 is 14.5 Å². The van der Waals surface area contributed by atoms with Crippen LogP contribution in [0.3, 0.4) is 0 Å². The molecule has 0 saturated carbocycles. The number of para-hydroxylation sites is 1. The van der Waals surface area contributed by atoms with Gasteiger partial charge in [-0.15, -0.1) is 0 Å². The molecule has 5 heteroatoms. The minimum absolute atomic E-state index is 0.242. The van der Waals surface area contributed by atoms with Crippen LogP contribution in [0, 0.1) is 0 Å². The highest BCUT2D eigenvalue weighted by atomic mass is 32.2. The van der Waals surface area contributed by atoms with E-state index in [-0.39, 0.29) is 18.3 Å². The average molecular weight is 452 g/mol. The number of amides is 1.